The van der Waals surface area contributed by atoms with E-state index in [1.807, 2.05) is 18.2 Å². The first-order valence-corrected chi connectivity index (χ1v) is 7.75. The number of hydrogen-bond donors (Lipinski definition) is 1. The first kappa shape index (κ1) is 17.4. The van der Waals surface area contributed by atoms with Crippen molar-refractivity contribution in [3.8, 4) is 0 Å². The number of carbonyl (C=O) groups is 1. The van der Waals surface area contributed by atoms with E-state index in [1.54, 1.807) is 12.1 Å². The van der Waals surface area contributed by atoms with Crippen LogP contribution in [0.4, 0.5) is 0 Å². The Kier molecular flexibility index (Phi) is 5.30. The van der Waals surface area contributed by atoms with Crippen molar-refractivity contribution in [2.45, 2.75) is 50.0 Å². The van der Waals surface area contributed by atoms with E-state index in [0.29, 0.717) is 17.6 Å². The maximum absolute atomic E-state index is 12.1. The fourth-order valence-electron chi connectivity index (χ4n) is 3.93. The Morgan fingerprint density at radius 2 is 1.73 bits per heavy atom. The molecule has 1 aromatic carbocycles. The second kappa shape index (κ2) is 6.69. The maximum Gasteiger partial charge on any atom is 0.339 e. The molecule has 3 rings (SSSR count). The Bertz CT molecular complexity index is 504. The maximum atomic E-state index is 12.1. The molecule has 0 radical (unpaired) electrons. The number of benzene rings is 1. The normalized spacial score (nSPS) is 30.2. The van der Waals surface area contributed by atoms with Gasteiger partial charge in [0.25, 0.3) is 0 Å². The van der Waals surface area contributed by atoms with Gasteiger partial charge in [0.05, 0.1) is 26.2 Å². The van der Waals surface area contributed by atoms with Crippen LogP contribution in [0.3, 0.4) is 0 Å². The number of fused-ring (bicyclic) bond motifs is 2. The molecular weight excluding hydrogens is 346 g/mol. The molecule has 2 saturated heterocycles. The third-order valence-corrected chi connectivity index (χ3v) is 5.41. The lowest BCUT2D eigenvalue weighted by atomic mass is 9.97. The van der Waals surface area contributed by atoms with Crippen LogP contribution >= 0.6 is 17.0 Å². The van der Waals surface area contributed by atoms with Gasteiger partial charge in [-0.05, 0) is 5.56 Å². The van der Waals surface area contributed by atoms with Crippen molar-refractivity contribution in [2.75, 3.05) is 14.1 Å². The topological polar surface area (TPSA) is 46.5 Å². The number of quaternary nitrogens is 1. The minimum atomic E-state index is -1.17. The summed E-state index contributed by atoms with van der Waals surface area (Å²) in [5.41, 5.74) is 0.595. The van der Waals surface area contributed by atoms with Gasteiger partial charge in [-0.3, -0.25) is 0 Å². The lowest BCUT2D eigenvalue weighted by molar-refractivity contribution is -0.931. The van der Waals surface area contributed by atoms with E-state index in [2.05, 4.69) is 14.1 Å². The summed E-state index contributed by atoms with van der Waals surface area (Å²) in [6, 6.07) is 10.1. The van der Waals surface area contributed by atoms with Gasteiger partial charge < -0.3 is 14.3 Å². The summed E-state index contributed by atoms with van der Waals surface area (Å²) in [7, 11) is 4.55. The van der Waals surface area contributed by atoms with E-state index in [9.17, 15) is 9.90 Å². The smallest absolute Gasteiger partial charge is 0.339 e. The standard InChI is InChI=1S/C17H24NO3.BrH/c1-18(2)13-8-9-14(18)11-15(10-13)21-17(20)16(19)12-6-4-3-5-7-12;/h3-7,13-16,19H,8-11H2,1-2H3;1H/q+1;. The zero-order valence-corrected chi connectivity index (χ0v) is 14.9. The second-order valence-corrected chi connectivity index (χ2v) is 6.86. The number of esters is 1. The molecule has 122 valence electrons. The number of carbonyl (C=O) groups excluding carboxylic acids is 1. The van der Waals surface area contributed by atoms with Crippen molar-refractivity contribution in [1.29, 1.82) is 0 Å². The van der Waals surface area contributed by atoms with Gasteiger partial charge in [-0.25, -0.2) is 4.79 Å². The average Bonchev–Trinajstić information content (AvgIpc) is 2.67. The van der Waals surface area contributed by atoms with Crippen molar-refractivity contribution in [3.63, 3.8) is 0 Å². The van der Waals surface area contributed by atoms with Gasteiger partial charge in [-0.15, -0.1) is 17.0 Å². The second-order valence-electron chi connectivity index (χ2n) is 6.86. The first-order valence-electron chi connectivity index (χ1n) is 7.75. The summed E-state index contributed by atoms with van der Waals surface area (Å²) in [6.45, 7) is 0. The van der Waals surface area contributed by atoms with Crippen LogP contribution in [0.5, 0.6) is 0 Å². The molecule has 2 fully saturated rings. The van der Waals surface area contributed by atoms with Crippen LogP contribution in [0.1, 0.15) is 37.4 Å². The van der Waals surface area contributed by atoms with Crippen LogP contribution in [0, 0.1) is 0 Å². The van der Waals surface area contributed by atoms with Gasteiger partial charge >= 0.3 is 5.97 Å². The monoisotopic (exact) mass is 370 g/mol. The highest BCUT2D eigenvalue weighted by Crippen LogP contribution is 2.40. The Labute approximate surface area is 142 Å². The first-order chi connectivity index (χ1) is 9.98. The van der Waals surface area contributed by atoms with Crippen molar-refractivity contribution in [1.82, 2.24) is 0 Å². The molecule has 0 saturated carbocycles. The van der Waals surface area contributed by atoms with E-state index in [1.165, 1.54) is 12.8 Å². The quantitative estimate of drug-likeness (QED) is 0.656. The highest BCUT2D eigenvalue weighted by atomic mass is 79.9. The van der Waals surface area contributed by atoms with Gasteiger partial charge in [0.2, 0.25) is 0 Å². The van der Waals surface area contributed by atoms with E-state index in [-0.39, 0.29) is 23.1 Å². The Morgan fingerprint density at radius 3 is 2.27 bits per heavy atom. The number of rotatable bonds is 3. The van der Waals surface area contributed by atoms with Crippen LogP contribution in [0.15, 0.2) is 30.3 Å². The fraction of sp³-hybridized carbons (Fsp3) is 0.588. The molecule has 4 nitrogen and oxygen atoms in total. The molecule has 22 heavy (non-hydrogen) atoms. The van der Waals surface area contributed by atoms with Crippen LogP contribution < -0.4 is 0 Å². The number of aliphatic hydroxyl groups is 1. The number of aliphatic hydroxyl groups excluding tert-OH is 1. The number of nitrogens with zero attached hydrogens (tertiary/aromatic N) is 1. The van der Waals surface area contributed by atoms with Gasteiger partial charge in [-0.2, -0.15) is 0 Å². The Balaban J connectivity index is 0.00000176. The molecule has 0 amide bonds. The number of piperidine rings is 1. The predicted molar refractivity (Wildman–Crippen MR) is 89.8 cm³/mol. The molecule has 2 aliphatic heterocycles. The highest BCUT2D eigenvalue weighted by molar-refractivity contribution is 8.93. The predicted octanol–water partition coefficient (Wildman–Crippen LogP) is 2.61. The average molecular weight is 371 g/mol. The number of halogens is 1. The van der Waals surface area contributed by atoms with E-state index >= 15 is 0 Å². The van der Waals surface area contributed by atoms with Gasteiger partial charge in [0.15, 0.2) is 6.10 Å². The molecule has 0 spiro atoms. The van der Waals surface area contributed by atoms with Crippen molar-refractivity contribution in [3.05, 3.63) is 35.9 Å². The molecule has 2 bridgehead atoms. The van der Waals surface area contributed by atoms with E-state index in [4.69, 9.17) is 4.74 Å². The van der Waals surface area contributed by atoms with Gasteiger partial charge in [-0.1, -0.05) is 30.3 Å². The summed E-state index contributed by atoms with van der Waals surface area (Å²) in [4.78, 5) is 12.1. The summed E-state index contributed by atoms with van der Waals surface area (Å²) in [5.74, 6) is -0.516. The van der Waals surface area contributed by atoms with Crippen LogP contribution in [-0.2, 0) is 9.53 Å². The summed E-state index contributed by atoms with van der Waals surface area (Å²) in [6.07, 6.45) is 3.04. The van der Waals surface area contributed by atoms with Crippen LogP contribution in [0.2, 0.25) is 0 Å². The molecule has 3 unspecified atom stereocenters. The number of hydrogen-bond acceptors (Lipinski definition) is 3. The highest BCUT2D eigenvalue weighted by Gasteiger charge is 2.50. The van der Waals surface area contributed by atoms with Gasteiger partial charge in [0, 0.05) is 25.7 Å². The van der Waals surface area contributed by atoms with Crippen molar-refractivity contribution < 1.29 is 19.1 Å². The Hall–Kier alpha value is -0.910. The zero-order valence-electron chi connectivity index (χ0n) is 13.1. The molecule has 0 aromatic heterocycles. The van der Waals surface area contributed by atoms with Crippen molar-refractivity contribution >= 4 is 23.0 Å². The van der Waals surface area contributed by atoms with Gasteiger partial charge in [0.1, 0.15) is 6.10 Å². The largest absolute Gasteiger partial charge is 0.460 e. The van der Waals surface area contributed by atoms with E-state index < -0.39 is 12.1 Å². The summed E-state index contributed by atoms with van der Waals surface area (Å²) < 4.78 is 6.63. The van der Waals surface area contributed by atoms with Crippen molar-refractivity contribution in [2.24, 2.45) is 0 Å². The minimum Gasteiger partial charge on any atom is -0.460 e. The molecule has 2 heterocycles. The summed E-state index contributed by atoms with van der Waals surface area (Å²) >= 11 is 0. The molecular formula is C17H25BrNO3+. The van der Waals surface area contributed by atoms with Crippen LogP contribution in [0.25, 0.3) is 0 Å². The zero-order chi connectivity index (χ0) is 15.0. The molecule has 1 aromatic rings. The third-order valence-electron chi connectivity index (χ3n) is 5.41. The molecule has 1 N–H and O–H groups in total. The Morgan fingerprint density at radius 1 is 1.18 bits per heavy atom. The SMILES string of the molecule is Br.C[N+]1(C)C2CCC1CC(OC(=O)C(O)c1ccccc1)C2. The third kappa shape index (κ3) is 3.21. The molecule has 2 aliphatic rings. The lowest BCUT2D eigenvalue weighted by Crippen LogP contribution is -2.56. The number of ether oxygens (including phenoxy) is 1. The summed E-state index contributed by atoms with van der Waals surface area (Å²) in [5, 5.41) is 10.1. The molecule has 5 heteroatoms. The molecule has 0 aliphatic carbocycles. The van der Waals surface area contributed by atoms with E-state index in [0.717, 1.165) is 17.3 Å². The minimum absolute atomic E-state index is 0. The van der Waals surface area contributed by atoms with Crippen LogP contribution in [-0.4, -0.2) is 47.8 Å². The molecule has 3 atom stereocenters. The fourth-order valence-corrected chi connectivity index (χ4v) is 3.93. The lowest BCUT2D eigenvalue weighted by Gasteiger charge is -2.43.